The third kappa shape index (κ3) is 4.63. The van der Waals surface area contributed by atoms with Gasteiger partial charge in [-0.15, -0.1) is 0 Å². The van der Waals surface area contributed by atoms with Gasteiger partial charge in [-0.3, -0.25) is 4.90 Å². The van der Waals surface area contributed by atoms with Crippen LogP contribution in [0.2, 0.25) is 5.02 Å². The van der Waals surface area contributed by atoms with Crippen LogP contribution in [0, 0.1) is 5.82 Å². The number of hydrogen-bond donors (Lipinski definition) is 0. The monoisotopic (exact) mass is 438 g/mol. The van der Waals surface area contributed by atoms with E-state index in [4.69, 9.17) is 16.0 Å². The minimum absolute atomic E-state index is 0.256. The van der Waals surface area contributed by atoms with Crippen molar-refractivity contribution in [1.29, 1.82) is 0 Å². The van der Waals surface area contributed by atoms with Crippen LogP contribution in [0.15, 0.2) is 59.0 Å². The summed E-state index contributed by atoms with van der Waals surface area (Å²) in [6, 6.07) is 13.7. The smallest absolute Gasteiger partial charge is 0.417 e. The second kappa shape index (κ2) is 8.32. The van der Waals surface area contributed by atoms with E-state index in [2.05, 4.69) is 9.80 Å². The van der Waals surface area contributed by atoms with Gasteiger partial charge in [0.15, 0.2) is 0 Å². The molecule has 4 rings (SSSR count). The van der Waals surface area contributed by atoms with Crippen LogP contribution in [-0.4, -0.2) is 31.1 Å². The van der Waals surface area contributed by atoms with E-state index >= 15 is 0 Å². The van der Waals surface area contributed by atoms with Crippen LogP contribution in [0.1, 0.15) is 11.3 Å². The van der Waals surface area contributed by atoms with Crippen molar-refractivity contribution in [2.75, 3.05) is 31.1 Å². The average Bonchev–Trinajstić information content (AvgIpc) is 3.17. The number of halogens is 5. The Kier molecular flexibility index (Phi) is 5.75. The molecule has 0 atom stereocenters. The van der Waals surface area contributed by atoms with Gasteiger partial charge in [-0.1, -0.05) is 11.6 Å². The molecule has 1 fully saturated rings. The second-order valence-corrected chi connectivity index (χ2v) is 7.61. The molecule has 3 nitrogen and oxygen atoms in total. The molecule has 0 amide bonds. The van der Waals surface area contributed by atoms with Crippen LogP contribution < -0.4 is 4.90 Å². The fourth-order valence-electron chi connectivity index (χ4n) is 3.55. The summed E-state index contributed by atoms with van der Waals surface area (Å²) >= 11 is 5.69. The summed E-state index contributed by atoms with van der Waals surface area (Å²) in [6.07, 6.45) is -4.52. The zero-order valence-electron chi connectivity index (χ0n) is 15.9. The lowest BCUT2D eigenvalue weighted by Gasteiger charge is -2.35. The van der Waals surface area contributed by atoms with Crippen LogP contribution in [-0.2, 0) is 12.7 Å². The van der Waals surface area contributed by atoms with Crippen molar-refractivity contribution in [2.45, 2.75) is 12.7 Å². The lowest BCUT2D eigenvalue weighted by atomic mass is 10.1. The summed E-state index contributed by atoms with van der Waals surface area (Å²) in [4.78, 5) is 4.40. The van der Waals surface area contributed by atoms with Gasteiger partial charge in [0.25, 0.3) is 0 Å². The summed E-state index contributed by atoms with van der Waals surface area (Å²) < 4.78 is 58.1. The molecule has 1 aliphatic heterocycles. The first-order valence-corrected chi connectivity index (χ1v) is 9.86. The Morgan fingerprint density at radius 3 is 2.27 bits per heavy atom. The second-order valence-electron chi connectivity index (χ2n) is 7.20. The van der Waals surface area contributed by atoms with Gasteiger partial charge in [-0.25, -0.2) is 4.39 Å². The van der Waals surface area contributed by atoms with Crippen LogP contribution >= 0.6 is 11.6 Å². The number of piperazine rings is 1. The van der Waals surface area contributed by atoms with E-state index in [0.29, 0.717) is 23.6 Å². The quantitative estimate of drug-likeness (QED) is 0.460. The van der Waals surface area contributed by atoms with Gasteiger partial charge in [0.05, 0.1) is 17.1 Å². The summed E-state index contributed by atoms with van der Waals surface area (Å²) in [7, 11) is 0. The molecule has 0 unspecified atom stereocenters. The number of anilines is 1. The maximum atomic E-state index is 13.1. The molecule has 3 aromatic rings. The fraction of sp³-hybridized carbons (Fsp3) is 0.273. The molecule has 1 saturated heterocycles. The lowest BCUT2D eigenvalue weighted by molar-refractivity contribution is -0.137. The Bertz CT molecular complexity index is 1010. The van der Waals surface area contributed by atoms with Gasteiger partial charge >= 0.3 is 6.18 Å². The molecule has 0 spiro atoms. The van der Waals surface area contributed by atoms with E-state index in [0.717, 1.165) is 37.9 Å². The molecule has 2 heterocycles. The highest BCUT2D eigenvalue weighted by molar-refractivity contribution is 6.31. The number of furan rings is 1. The van der Waals surface area contributed by atoms with Gasteiger partial charge in [-0.05, 0) is 54.6 Å². The Hall–Kier alpha value is -2.51. The molecule has 0 saturated carbocycles. The zero-order chi connectivity index (χ0) is 21.3. The van der Waals surface area contributed by atoms with Gasteiger partial charge in [-0.2, -0.15) is 13.2 Å². The Morgan fingerprint density at radius 2 is 1.60 bits per heavy atom. The normalized spacial score (nSPS) is 15.6. The number of rotatable bonds is 4. The van der Waals surface area contributed by atoms with Crippen molar-refractivity contribution in [2.24, 2.45) is 0 Å². The Labute approximate surface area is 176 Å². The van der Waals surface area contributed by atoms with Crippen molar-refractivity contribution < 1.29 is 22.0 Å². The third-order valence-corrected chi connectivity index (χ3v) is 5.49. The van der Waals surface area contributed by atoms with Crippen LogP contribution in [0.4, 0.5) is 23.2 Å². The number of benzene rings is 2. The molecule has 1 aliphatic rings. The molecule has 0 N–H and O–H groups in total. The van der Waals surface area contributed by atoms with Gasteiger partial charge in [0.2, 0.25) is 0 Å². The lowest BCUT2D eigenvalue weighted by Crippen LogP contribution is -2.45. The predicted octanol–water partition coefficient (Wildman–Crippen LogP) is 6.08. The standard InChI is InChI=1S/C22H19ClF4N2O/c23-20-7-1-15(13-19(20)22(25,26)27)21-8-6-18(30-21)14-28-9-11-29(12-10-28)17-4-2-16(24)3-5-17/h1-8,13H,9-12,14H2. The van der Waals surface area contributed by atoms with Crippen molar-refractivity contribution in [3.05, 3.63) is 76.8 Å². The molecule has 0 aliphatic carbocycles. The van der Waals surface area contributed by atoms with E-state index in [1.54, 1.807) is 24.3 Å². The fourth-order valence-corrected chi connectivity index (χ4v) is 3.77. The molecular formula is C22H19ClF4N2O. The van der Waals surface area contributed by atoms with Gasteiger partial charge < -0.3 is 9.32 Å². The molecule has 8 heteroatoms. The van der Waals surface area contributed by atoms with Crippen molar-refractivity contribution in [1.82, 2.24) is 4.90 Å². The minimum atomic E-state index is -4.52. The molecule has 30 heavy (non-hydrogen) atoms. The van der Waals surface area contributed by atoms with Crippen molar-refractivity contribution in [3.8, 4) is 11.3 Å². The largest absolute Gasteiger partial charge is 0.460 e. The average molecular weight is 439 g/mol. The minimum Gasteiger partial charge on any atom is -0.460 e. The number of nitrogens with zero attached hydrogens (tertiary/aromatic N) is 2. The SMILES string of the molecule is Fc1ccc(N2CCN(Cc3ccc(-c4ccc(Cl)c(C(F)(F)F)c4)o3)CC2)cc1. The van der Waals surface area contributed by atoms with Crippen molar-refractivity contribution in [3.63, 3.8) is 0 Å². The van der Waals surface area contributed by atoms with Crippen LogP contribution in [0.5, 0.6) is 0 Å². The van der Waals surface area contributed by atoms with Crippen LogP contribution in [0.3, 0.4) is 0 Å². The highest BCUT2D eigenvalue weighted by Crippen LogP contribution is 2.37. The molecule has 2 aromatic carbocycles. The van der Waals surface area contributed by atoms with E-state index < -0.39 is 11.7 Å². The van der Waals surface area contributed by atoms with Crippen molar-refractivity contribution >= 4 is 17.3 Å². The summed E-state index contributed by atoms with van der Waals surface area (Å²) in [5, 5.41) is -0.336. The molecule has 1 aromatic heterocycles. The molecule has 0 radical (unpaired) electrons. The summed E-state index contributed by atoms with van der Waals surface area (Å²) in [5.41, 5.74) is 0.440. The molecule has 158 valence electrons. The topological polar surface area (TPSA) is 19.6 Å². The first-order valence-electron chi connectivity index (χ1n) is 9.48. The van der Waals surface area contributed by atoms with E-state index in [-0.39, 0.29) is 10.8 Å². The van der Waals surface area contributed by atoms with E-state index in [1.807, 2.05) is 0 Å². The Balaban J connectivity index is 1.39. The number of hydrogen-bond acceptors (Lipinski definition) is 3. The van der Waals surface area contributed by atoms with Gasteiger partial charge in [0, 0.05) is 37.4 Å². The maximum absolute atomic E-state index is 13.1. The first-order chi connectivity index (χ1) is 14.3. The van der Waals surface area contributed by atoms with E-state index in [9.17, 15) is 17.6 Å². The number of alkyl halides is 3. The maximum Gasteiger partial charge on any atom is 0.417 e. The Morgan fingerprint density at radius 1 is 0.900 bits per heavy atom. The summed E-state index contributed by atoms with van der Waals surface area (Å²) in [6.45, 7) is 3.76. The first kappa shape index (κ1) is 20.8. The zero-order valence-corrected chi connectivity index (χ0v) is 16.7. The predicted molar refractivity (Wildman–Crippen MR) is 108 cm³/mol. The molecular weight excluding hydrogens is 420 g/mol. The van der Waals surface area contributed by atoms with Crippen LogP contribution in [0.25, 0.3) is 11.3 Å². The highest BCUT2D eigenvalue weighted by Gasteiger charge is 2.33. The third-order valence-electron chi connectivity index (χ3n) is 5.16. The van der Waals surface area contributed by atoms with E-state index in [1.165, 1.54) is 24.3 Å². The summed E-state index contributed by atoms with van der Waals surface area (Å²) in [5.74, 6) is 0.801. The van der Waals surface area contributed by atoms with Gasteiger partial charge in [0.1, 0.15) is 17.3 Å². The molecule has 0 bridgehead atoms. The highest BCUT2D eigenvalue weighted by atomic mass is 35.5.